The second-order valence-electron chi connectivity index (χ2n) is 12.2. The van der Waals surface area contributed by atoms with Gasteiger partial charge in [-0.15, -0.1) is 0 Å². The molecule has 228 valence electrons. The van der Waals surface area contributed by atoms with Crippen LogP contribution in [0.4, 0.5) is 0 Å². The molecule has 0 bridgehead atoms. The first-order valence-corrected chi connectivity index (χ1v) is 16.8. The van der Waals surface area contributed by atoms with Gasteiger partial charge in [0.25, 0.3) is 0 Å². The van der Waals surface area contributed by atoms with Crippen LogP contribution in [0.2, 0.25) is 0 Å². The Bertz CT molecular complexity index is 975. The standard InChI is InChI=1S/C37H56O4/c1-3-5-7-9-11-13-27-41-34-25-26-35(37(38)39)36(29-34)32-21-23-33(24-22-32)40-28-14-16-31-19-17-30(18-20-31)15-12-10-8-6-4-2/h21-26,29-31H,3-20,27-28H2,1-2H3,(H,38,39). The van der Waals surface area contributed by atoms with Crippen LogP contribution in [-0.4, -0.2) is 24.3 Å². The highest BCUT2D eigenvalue weighted by Crippen LogP contribution is 2.34. The maximum absolute atomic E-state index is 11.9. The van der Waals surface area contributed by atoms with Gasteiger partial charge in [-0.05, 0) is 72.6 Å². The molecule has 0 unspecified atom stereocenters. The Hall–Kier alpha value is -2.49. The van der Waals surface area contributed by atoms with Crippen LogP contribution in [0.15, 0.2) is 42.5 Å². The van der Waals surface area contributed by atoms with E-state index in [-0.39, 0.29) is 5.56 Å². The highest BCUT2D eigenvalue weighted by atomic mass is 16.5. The van der Waals surface area contributed by atoms with Crippen LogP contribution in [0, 0.1) is 11.8 Å². The minimum atomic E-state index is -0.927. The summed E-state index contributed by atoms with van der Waals surface area (Å²) in [6.07, 6.45) is 23.7. The highest BCUT2D eigenvalue weighted by molar-refractivity contribution is 5.96. The second-order valence-corrected chi connectivity index (χ2v) is 12.2. The Balaban J connectivity index is 1.39. The molecule has 1 fully saturated rings. The van der Waals surface area contributed by atoms with Crippen molar-refractivity contribution in [1.82, 2.24) is 0 Å². The summed E-state index contributed by atoms with van der Waals surface area (Å²) in [4.78, 5) is 11.9. The Morgan fingerprint density at radius 3 is 1.80 bits per heavy atom. The van der Waals surface area contributed by atoms with Crippen LogP contribution in [0.5, 0.6) is 11.5 Å². The third kappa shape index (κ3) is 12.5. The molecule has 0 spiro atoms. The van der Waals surface area contributed by atoms with Crippen LogP contribution in [0.25, 0.3) is 11.1 Å². The Morgan fingerprint density at radius 1 is 0.659 bits per heavy atom. The number of carbonyl (C=O) groups is 1. The summed E-state index contributed by atoms with van der Waals surface area (Å²) >= 11 is 0. The summed E-state index contributed by atoms with van der Waals surface area (Å²) in [5.74, 6) is 2.47. The van der Waals surface area contributed by atoms with E-state index in [1.807, 2.05) is 30.3 Å². The van der Waals surface area contributed by atoms with E-state index in [0.29, 0.717) is 12.2 Å². The zero-order chi connectivity index (χ0) is 29.1. The van der Waals surface area contributed by atoms with Crippen molar-refractivity contribution in [2.75, 3.05) is 13.2 Å². The molecule has 1 aliphatic carbocycles. The van der Waals surface area contributed by atoms with Crippen LogP contribution in [0.1, 0.15) is 140 Å². The zero-order valence-corrected chi connectivity index (χ0v) is 26.0. The van der Waals surface area contributed by atoms with Gasteiger partial charge >= 0.3 is 5.97 Å². The van der Waals surface area contributed by atoms with E-state index >= 15 is 0 Å². The molecule has 0 amide bonds. The summed E-state index contributed by atoms with van der Waals surface area (Å²) in [6, 6.07) is 13.1. The first-order valence-electron chi connectivity index (χ1n) is 16.8. The fourth-order valence-corrected chi connectivity index (χ4v) is 6.25. The molecule has 1 saturated carbocycles. The van der Waals surface area contributed by atoms with E-state index in [9.17, 15) is 9.90 Å². The van der Waals surface area contributed by atoms with Crippen molar-refractivity contribution in [2.24, 2.45) is 11.8 Å². The number of hydrogen-bond acceptors (Lipinski definition) is 3. The topological polar surface area (TPSA) is 55.8 Å². The predicted molar refractivity (Wildman–Crippen MR) is 171 cm³/mol. The monoisotopic (exact) mass is 564 g/mol. The van der Waals surface area contributed by atoms with Crippen molar-refractivity contribution in [2.45, 2.75) is 129 Å². The van der Waals surface area contributed by atoms with Crippen LogP contribution in [0.3, 0.4) is 0 Å². The minimum Gasteiger partial charge on any atom is -0.494 e. The van der Waals surface area contributed by atoms with Gasteiger partial charge in [0.2, 0.25) is 0 Å². The Kier molecular flexibility index (Phi) is 15.8. The van der Waals surface area contributed by atoms with E-state index in [0.717, 1.165) is 48.3 Å². The zero-order valence-electron chi connectivity index (χ0n) is 26.0. The molecule has 0 saturated heterocycles. The van der Waals surface area contributed by atoms with Gasteiger partial charge in [-0.25, -0.2) is 4.79 Å². The van der Waals surface area contributed by atoms with Gasteiger partial charge in [-0.3, -0.25) is 0 Å². The summed E-state index contributed by atoms with van der Waals surface area (Å²) in [6.45, 7) is 5.91. The SMILES string of the molecule is CCCCCCCCOc1ccc(C(=O)O)c(-c2ccc(OCCCC3CCC(CCCCCCC)CC3)cc2)c1. The average molecular weight is 565 g/mol. The molecule has 0 atom stereocenters. The van der Waals surface area contributed by atoms with Gasteiger partial charge in [-0.1, -0.05) is 122 Å². The maximum Gasteiger partial charge on any atom is 0.336 e. The molecule has 0 aliphatic heterocycles. The average Bonchev–Trinajstić information content (AvgIpc) is 2.99. The van der Waals surface area contributed by atoms with Gasteiger partial charge in [0, 0.05) is 0 Å². The van der Waals surface area contributed by atoms with Crippen LogP contribution in [-0.2, 0) is 0 Å². The number of benzene rings is 2. The van der Waals surface area contributed by atoms with Crippen molar-refractivity contribution < 1.29 is 19.4 Å². The number of unbranched alkanes of at least 4 members (excludes halogenated alkanes) is 9. The number of carboxylic acids is 1. The van der Waals surface area contributed by atoms with Crippen molar-refractivity contribution in [1.29, 1.82) is 0 Å². The van der Waals surface area contributed by atoms with Crippen molar-refractivity contribution in [3.8, 4) is 22.6 Å². The number of carboxylic acid groups (broad SMARTS) is 1. The van der Waals surface area contributed by atoms with E-state index < -0.39 is 5.97 Å². The van der Waals surface area contributed by atoms with Crippen molar-refractivity contribution in [3.63, 3.8) is 0 Å². The van der Waals surface area contributed by atoms with Gasteiger partial charge < -0.3 is 14.6 Å². The third-order valence-electron chi connectivity index (χ3n) is 8.86. The van der Waals surface area contributed by atoms with Crippen LogP contribution < -0.4 is 9.47 Å². The molecular formula is C37H56O4. The van der Waals surface area contributed by atoms with E-state index in [1.54, 1.807) is 12.1 Å². The smallest absolute Gasteiger partial charge is 0.336 e. The third-order valence-corrected chi connectivity index (χ3v) is 8.86. The van der Waals surface area contributed by atoms with Crippen molar-refractivity contribution >= 4 is 5.97 Å². The molecule has 3 rings (SSSR count). The molecule has 0 heterocycles. The van der Waals surface area contributed by atoms with Crippen molar-refractivity contribution in [3.05, 3.63) is 48.0 Å². The molecule has 0 radical (unpaired) electrons. The van der Waals surface area contributed by atoms with Gasteiger partial charge in [-0.2, -0.15) is 0 Å². The Labute approximate surface area is 250 Å². The number of rotatable bonds is 21. The lowest BCUT2D eigenvalue weighted by Gasteiger charge is -2.28. The van der Waals surface area contributed by atoms with Gasteiger partial charge in [0.05, 0.1) is 18.8 Å². The molecule has 2 aromatic rings. The van der Waals surface area contributed by atoms with Crippen LogP contribution >= 0.6 is 0 Å². The molecule has 2 aromatic carbocycles. The fraction of sp³-hybridized carbons (Fsp3) is 0.649. The number of ether oxygens (including phenoxy) is 2. The lowest BCUT2D eigenvalue weighted by atomic mass is 9.78. The maximum atomic E-state index is 11.9. The van der Waals surface area contributed by atoms with E-state index in [4.69, 9.17) is 9.47 Å². The number of aromatic carboxylic acids is 1. The molecule has 1 aliphatic rings. The quantitative estimate of drug-likeness (QED) is 0.153. The van der Waals surface area contributed by atoms with E-state index in [2.05, 4.69) is 13.8 Å². The normalized spacial score (nSPS) is 16.9. The van der Waals surface area contributed by atoms with E-state index in [1.165, 1.54) is 103 Å². The summed E-state index contributed by atoms with van der Waals surface area (Å²) < 4.78 is 12.0. The Morgan fingerprint density at radius 2 is 1.17 bits per heavy atom. The summed E-state index contributed by atoms with van der Waals surface area (Å²) in [5.41, 5.74) is 1.83. The molecule has 41 heavy (non-hydrogen) atoms. The molecule has 4 heteroatoms. The largest absolute Gasteiger partial charge is 0.494 e. The second kappa shape index (κ2) is 19.6. The minimum absolute atomic E-state index is 0.289. The highest BCUT2D eigenvalue weighted by Gasteiger charge is 2.20. The predicted octanol–water partition coefficient (Wildman–Crippen LogP) is 11.1. The lowest BCUT2D eigenvalue weighted by molar-refractivity contribution is 0.0697. The molecule has 1 N–H and O–H groups in total. The molecule has 0 aromatic heterocycles. The first kappa shape index (κ1) is 33.0. The van der Waals surface area contributed by atoms with Gasteiger partial charge in [0.15, 0.2) is 0 Å². The van der Waals surface area contributed by atoms with Gasteiger partial charge in [0.1, 0.15) is 11.5 Å². The molecular weight excluding hydrogens is 508 g/mol. The molecule has 4 nitrogen and oxygen atoms in total. The fourth-order valence-electron chi connectivity index (χ4n) is 6.25. The summed E-state index contributed by atoms with van der Waals surface area (Å²) in [5, 5.41) is 9.76. The first-order chi connectivity index (χ1) is 20.1. The lowest BCUT2D eigenvalue weighted by Crippen LogP contribution is -2.15. The number of hydrogen-bond donors (Lipinski definition) is 1. The summed E-state index contributed by atoms with van der Waals surface area (Å²) in [7, 11) is 0.